The maximum atomic E-state index is 11.0. The Bertz CT molecular complexity index is 726. The third-order valence-corrected chi connectivity index (χ3v) is 3.28. The molecule has 19 heavy (non-hydrogen) atoms. The van der Waals surface area contributed by atoms with Crippen LogP contribution in [0, 0.1) is 0 Å². The fourth-order valence-corrected chi connectivity index (χ4v) is 2.31. The normalized spacial score (nSPS) is 11.0. The summed E-state index contributed by atoms with van der Waals surface area (Å²) in [6, 6.07) is 7.70. The first-order valence-electron chi connectivity index (χ1n) is 6.23. The smallest absolute Gasteiger partial charge is 0.150 e. The van der Waals surface area contributed by atoms with Crippen LogP contribution in [0.15, 0.2) is 36.8 Å². The van der Waals surface area contributed by atoms with Crippen LogP contribution < -0.4 is 0 Å². The average molecular weight is 254 g/mol. The summed E-state index contributed by atoms with van der Waals surface area (Å²) in [7, 11) is 0. The van der Waals surface area contributed by atoms with E-state index in [1.54, 1.807) is 6.33 Å². The number of fused-ring (bicyclic) bond motifs is 1. The summed E-state index contributed by atoms with van der Waals surface area (Å²) in [6.07, 6.45) is 4.44. The Labute approximate surface area is 110 Å². The number of hydrogen-bond acceptors (Lipinski definition) is 3. The number of aromatic nitrogens is 4. The molecule has 0 saturated carbocycles. The zero-order valence-corrected chi connectivity index (χ0v) is 10.7. The third-order valence-electron chi connectivity index (χ3n) is 3.28. The lowest BCUT2D eigenvalue weighted by Crippen LogP contribution is -2.08. The summed E-state index contributed by atoms with van der Waals surface area (Å²) in [6.45, 7) is 3.49. The third kappa shape index (κ3) is 1.93. The van der Waals surface area contributed by atoms with Crippen molar-refractivity contribution in [3.8, 4) is 0 Å². The molecule has 5 nitrogen and oxygen atoms in total. The van der Waals surface area contributed by atoms with Gasteiger partial charge in [-0.3, -0.25) is 4.79 Å². The molecule has 0 aliphatic carbocycles. The van der Waals surface area contributed by atoms with Crippen LogP contribution in [-0.4, -0.2) is 25.6 Å². The van der Waals surface area contributed by atoms with Crippen molar-refractivity contribution in [2.45, 2.75) is 20.0 Å². The van der Waals surface area contributed by atoms with Gasteiger partial charge in [-0.2, -0.15) is 5.10 Å². The Balaban J connectivity index is 2.04. The topological polar surface area (TPSA) is 52.7 Å². The zero-order valence-electron chi connectivity index (χ0n) is 10.7. The minimum Gasteiger partial charge on any atom is -0.340 e. The lowest BCUT2D eigenvalue weighted by Gasteiger charge is -2.06. The molecule has 0 bridgehead atoms. The molecule has 1 aromatic carbocycles. The molecule has 2 heterocycles. The predicted molar refractivity (Wildman–Crippen MR) is 72.1 cm³/mol. The van der Waals surface area contributed by atoms with Gasteiger partial charge in [0.2, 0.25) is 0 Å². The fraction of sp³-hybridized carbons (Fsp3) is 0.214. The predicted octanol–water partition coefficient (Wildman–Crippen LogP) is 2.11. The van der Waals surface area contributed by atoms with E-state index in [1.165, 1.54) is 0 Å². The number of aryl methyl sites for hydroxylation is 1. The number of carbonyl (C=O) groups is 1. The van der Waals surface area contributed by atoms with Crippen LogP contribution in [0.4, 0.5) is 0 Å². The second-order valence-electron chi connectivity index (χ2n) is 4.33. The van der Waals surface area contributed by atoms with E-state index >= 15 is 0 Å². The van der Waals surface area contributed by atoms with E-state index in [0.29, 0.717) is 12.1 Å². The molecular formula is C14H14N4O. The van der Waals surface area contributed by atoms with Crippen molar-refractivity contribution in [3.63, 3.8) is 0 Å². The standard InChI is InChI=1S/C14H14N4O/c1-2-18-14(15-10-16-18)8-17-7-6-12-11(9-19)4-3-5-13(12)17/h3-7,9-10H,2,8H2,1H3. The number of benzene rings is 1. The highest BCUT2D eigenvalue weighted by atomic mass is 16.1. The highest BCUT2D eigenvalue weighted by Crippen LogP contribution is 2.19. The summed E-state index contributed by atoms with van der Waals surface area (Å²) in [5.74, 6) is 0.913. The Hall–Kier alpha value is -2.43. The van der Waals surface area contributed by atoms with E-state index in [4.69, 9.17) is 0 Å². The quantitative estimate of drug-likeness (QED) is 0.670. The van der Waals surface area contributed by atoms with Gasteiger partial charge >= 0.3 is 0 Å². The van der Waals surface area contributed by atoms with Crippen LogP contribution in [0.3, 0.4) is 0 Å². The molecule has 2 aromatic heterocycles. The van der Waals surface area contributed by atoms with Gasteiger partial charge in [0.05, 0.1) is 6.54 Å². The Morgan fingerprint density at radius 2 is 2.21 bits per heavy atom. The molecule has 0 aliphatic heterocycles. The molecule has 0 saturated heterocycles. The molecular weight excluding hydrogens is 240 g/mol. The van der Waals surface area contributed by atoms with E-state index < -0.39 is 0 Å². The monoisotopic (exact) mass is 254 g/mol. The van der Waals surface area contributed by atoms with Crippen molar-refractivity contribution in [1.82, 2.24) is 19.3 Å². The van der Waals surface area contributed by atoms with E-state index in [-0.39, 0.29) is 0 Å². The van der Waals surface area contributed by atoms with E-state index in [0.717, 1.165) is 29.6 Å². The van der Waals surface area contributed by atoms with Gasteiger partial charge < -0.3 is 4.57 Å². The van der Waals surface area contributed by atoms with Crippen molar-refractivity contribution in [1.29, 1.82) is 0 Å². The zero-order chi connectivity index (χ0) is 13.2. The Morgan fingerprint density at radius 3 is 3.00 bits per heavy atom. The van der Waals surface area contributed by atoms with Gasteiger partial charge in [-0.05, 0) is 19.1 Å². The van der Waals surface area contributed by atoms with Crippen molar-refractivity contribution in [2.75, 3.05) is 0 Å². The highest BCUT2D eigenvalue weighted by molar-refractivity contribution is 5.97. The van der Waals surface area contributed by atoms with E-state index in [1.807, 2.05) is 42.1 Å². The first-order valence-corrected chi connectivity index (χ1v) is 6.23. The number of carbonyl (C=O) groups excluding carboxylic acids is 1. The van der Waals surface area contributed by atoms with Crippen molar-refractivity contribution >= 4 is 17.2 Å². The summed E-state index contributed by atoms with van der Waals surface area (Å²) < 4.78 is 3.95. The fourth-order valence-electron chi connectivity index (χ4n) is 2.31. The molecule has 0 aliphatic rings. The second kappa shape index (κ2) is 4.68. The first-order chi connectivity index (χ1) is 9.33. The maximum Gasteiger partial charge on any atom is 0.150 e. The molecule has 0 radical (unpaired) electrons. The van der Waals surface area contributed by atoms with Crippen LogP contribution in [0.25, 0.3) is 10.9 Å². The van der Waals surface area contributed by atoms with Crippen molar-refractivity contribution < 1.29 is 4.79 Å². The van der Waals surface area contributed by atoms with Crippen LogP contribution >= 0.6 is 0 Å². The summed E-state index contributed by atoms with van der Waals surface area (Å²) in [4.78, 5) is 15.3. The van der Waals surface area contributed by atoms with Gasteiger partial charge in [-0.15, -0.1) is 0 Å². The minimum absolute atomic E-state index is 0.652. The van der Waals surface area contributed by atoms with Crippen LogP contribution in [0.1, 0.15) is 23.1 Å². The molecule has 0 amide bonds. The molecule has 3 rings (SSSR count). The van der Waals surface area contributed by atoms with E-state index in [2.05, 4.69) is 14.6 Å². The number of aldehydes is 1. The lowest BCUT2D eigenvalue weighted by atomic mass is 10.1. The molecule has 5 heteroatoms. The lowest BCUT2D eigenvalue weighted by molar-refractivity contribution is 0.112. The molecule has 0 atom stereocenters. The highest BCUT2D eigenvalue weighted by Gasteiger charge is 2.08. The molecule has 96 valence electrons. The van der Waals surface area contributed by atoms with E-state index in [9.17, 15) is 4.79 Å². The Kier molecular flexibility index (Phi) is 2.87. The van der Waals surface area contributed by atoms with Crippen molar-refractivity contribution in [2.24, 2.45) is 0 Å². The molecule has 0 fully saturated rings. The van der Waals surface area contributed by atoms with Crippen LogP contribution in [-0.2, 0) is 13.1 Å². The number of nitrogens with zero attached hydrogens (tertiary/aromatic N) is 4. The summed E-state index contributed by atoms with van der Waals surface area (Å²) >= 11 is 0. The SMILES string of the molecule is CCn1ncnc1Cn1ccc2c(C=O)cccc21. The molecule has 0 unspecified atom stereocenters. The van der Waals surface area contributed by atoms with Crippen LogP contribution in [0.2, 0.25) is 0 Å². The van der Waals surface area contributed by atoms with Crippen LogP contribution in [0.5, 0.6) is 0 Å². The maximum absolute atomic E-state index is 11.0. The van der Waals surface area contributed by atoms with Gasteiger partial charge in [-0.25, -0.2) is 9.67 Å². The molecule has 0 N–H and O–H groups in total. The van der Waals surface area contributed by atoms with Gasteiger partial charge in [0, 0.05) is 29.2 Å². The van der Waals surface area contributed by atoms with Gasteiger partial charge in [0.25, 0.3) is 0 Å². The summed E-state index contributed by atoms with van der Waals surface area (Å²) in [5.41, 5.74) is 1.75. The average Bonchev–Trinajstić information content (AvgIpc) is 3.06. The van der Waals surface area contributed by atoms with Gasteiger partial charge in [0.15, 0.2) is 6.29 Å². The minimum atomic E-state index is 0.652. The van der Waals surface area contributed by atoms with Gasteiger partial charge in [-0.1, -0.05) is 12.1 Å². The summed E-state index contributed by atoms with van der Waals surface area (Å²) in [5, 5.41) is 5.14. The number of rotatable bonds is 4. The Morgan fingerprint density at radius 1 is 1.32 bits per heavy atom. The second-order valence-corrected chi connectivity index (χ2v) is 4.33. The number of hydrogen-bond donors (Lipinski definition) is 0. The van der Waals surface area contributed by atoms with Gasteiger partial charge in [0.1, 0.15) is 12.2 Å². The molecule has 0 spiro atoms. The first kappa shape index (κ1) is 11.6. The van der Waals surface area contributed by atoms with Crippen molar-refractivity contribution in [3.05, 3.63) is 48.2 Å². The molecule has 3 aromatic rings. The largest absolute Gasteiger partial charge is 0.340 e.